The Morgan fingerprint density at radius 2 is 1.92 bits per heavy atom. The van der Waals surface area contributed by atoms with Gasteiger partial charge in [0.2, 0.25) is 0 Å². The Kier molecular flexibility index (Phi) is 1.91. The van der Waals surface area contributed by atoms with E-state index < -0.39 is 0 Å². The van der Waals surface area contributed by atoms with Crippen LogP contribution in [0.3, 0.4) is 0 Å². The van der Waals surface area contributed by atoms with Crippen LogP contribution in [0.4, 0.5) is 0 Å². The predicted octanol–water partition coefficient (Wildman–Crippen LogP) is 3.34. The van der Waals surface area contributed by atoms with Crippen LogP contribution in [0.5, 0.6) is 0 Å². The van der Waals surface area contributed by atoms with Gasteiger partial charge >= 0.3 is 0 Å². The van der Waals surface area contributed by atoms with E-state index in [2.05, 4.69) is 11.1 Å². The first-order valence-electron chi connectivity index (χ1n) is 3.39. The maximum Gasteiger partial charge on any atom is 0.0724 e. The maximum absolute atomic E-state index is 5.81. The van der Waals surface area contributed by atoms with Gasteiger partial charge in [-0.3, -0.25) is 4.98 Å². The molecule has 0 atom stereocenters. The number of fused-ring (bicyclic) bond motifs is 1. The molecule has 0 saturated carbocycles. The van der Waals surface area contributed by atoms with Gasteiger partial charge in [0.25, 0.3) is 0 Å². The number of hydrogen-bond donors (Lipinski definition) is 0. The zero-order valence-corrected chi connectivity index (χ0v) is 7.52. The van der Waals surface area contributed by atoms with Gasteiger partial charge in [-0.2, -0.15) is 0 Å². The van der Waals surface area contributed by atoms with Crippen molar-refractivity contribution in [3.05, 3.63) is 40.5 Å². The highest BCUT2D eigenvalue weighted by Gasteiger charge is 2.00. The molecule has 0 saturated heterocycles. The third-order valence-corrected chi connectivity index (χ3v) is 2.29. The lowest BCUT2D eigenvalue weighted by molar-refractivity contribution is 1.41. The van der Waals surface area contributed by atoms with Crippen molar-refractivity contribution in [3.63, 3.8) is 0 Å². The van der Waals surface area contributed by atoms with Crippen LogP contribution < -0.4 is 0 Å². The topological polar surface area (TPSA) is 12.9 Å². The molecule has 1 heterocycles. The van der Waals surface area contributed by atoms with Crippen molar-refractivity contribution in [2.75, 3.05) is 0 Å². The van der Waals surface area contributed by atoms with Crippen molar-refractivity contribution in [3.8, 4) is 0 Å². The molecule has 0 N–H and O–H groups in total. The average Bonchev–Trinajstić information content (AvgIpc) is 2.07. The van der Waals surface area contributed by atoms with E-state index in [9.17, 15) is 0 Å². The van der Waals surface area contributed by atoms with E-state index in [1.165, 1.54) is 0 Å². The molecule has 1 radical (unpaired) electrons. The number of benzene rings is 1. The van der Waals surface area contributed by atoms with Crippen molar-refractivity contribution in [2.24, 2.45) is 0 Å². The molecule has 0 unspecified atom stereocenters. The lowest BCUT2D eigenvalue weighted by Gasteiger charge is -1.98. The summed E-state index contributed by atoms with van der Waals surface area (Å²) in [5, 5.41) is 1.94. The smallest absolute Gasteiger partial charge is 0.0724 e. The first-order chi connectivity index (χ1) is 5.77. The van der Waals surface area contributed by atoms with E-state index in [0.717, 1.165) is 10.9 Å². The molecule has 1 aromatic carbocycles. The Bertz CT molecular complexity index is 385. The van der Waals surface area contributed by atoms with Crippen LogP contribution in [-0.2, 0) is 0 Å². The van der Waals surface area contributed by atoms with Crippen LogP contribution >= 0.6 is 23.2 Å². The third-order valence-electron chi connectivity index (χ3n) is 1.57. The normalized spacial score (nSPS) is 10.5. The summed E-state index contributed by atoms with van der Waals surface area (Å²) in [6.45, 7) is 0. The highest BCUT2D eigenvalue weighted by atomic mass is 35.5. The molecule has 59 valence electrons. The fourth-order valence-corrected chi connectivity index (χ4v) is 1.32. The molecular weight excluding hydrogens is 193 g/mol. The molecule has 0 spiro atoms. The van der Waals surface area contributed by atoms with Gasteiger partial charge in [0.15, 0.2) is 0 Å². The summed E-state index contributed by atoms with van der Waals surface area (Å²) in [4.78, 5) is 4.11. The number of aromatic nitrogens is 1. The zero-order valence-electron chi connectivity index (χ0n) is 6.01. The Morgan fingerprint density at radius 1 is 1.17 bits per heavy atom. The second kappa shape index (κ2) is 2.92. The largest absolute Gasteiger partial charge is 0.256 e. The van der Waals surface area contributed by atoms with Gasteiger partial charge < -0.3 is 0 Å². The van der Waals surface area contributed by atoms with Gasteiger partial charge in [-0.05, 0) is 24.3 Å². The first kappa shape index (κ1) is 7.84. The minimum Gasteiger partial charge on any atom is -0.256 e. The van der Waals surface area contributed by atoms with Crippen molar-refractivity contribution >= 4 is 34.1 Å². The zero-order chi connectivity index (χ0) is 8.55. The van der Waals surface area contributed by atoms with Gasteiger partial charge in [0.05, 0.1) is 15.6 Å². The number of rotatable bonds is 0. The quantitative estimate of drug-likeness (QED) is 0.631. The standard InChI is InChI=1S/C9H4Cl2N/c10-7-4-6-2-1-3-12-9(6)5-8(7)11/h1,3-5H. The fraction of sp³-hybridized carbons (Fsp3) is 0. The summed E-state index contributed by atoms with van der Waals surface area (Å²) in [7, 11) is 0. The number of halogens is 2. The van der Waals surface area contributed by atoms with Crippen LogP contribution in [0, 0.1) is 6.07 Å². The molecule has 0 bridgehead atoms. The summed E-state index contributed by atoms with van der Waals surface area (Å²) in [5.41, 5.74) is 0.812. The van der Waals surface area contributed by atoms with Crippen molar-refractivity contribution in [1.29, 1.82) is 0 Å². The van der Waals surface area contributed by atoms with Gasteiger partial charge in [-0.25, -0.2) is 0 Å². The summed E-state index contributed by atoms with van der Waals surface area (Å²) in [5.74, 6) is 0. The van der Waals surface area contributed by atoms with E-state index in [0.29, 0.717) is 10.0 Å². The van der Waals surface area contributed by atoms with E-state index in [1.807, 2.05) is 0 Å². The molecule has 0 aliphatic heterocycles. The van der Waals surface area contributed by atoms with Crippen LogP contribution in [0.1, 0.15) is 0 Å². The van der Waals surface area contributed by atoms with E-state index >= 15 is 0 Å². The second-order valence-electron chi connectivity index (χ2n) is 2.37. The van der Waals surface area contributed by atoms with Crippen LogP contribution in [0.25, 0.3) is 10.9 Å². The van der Waals surface area contributed by atoms with Crippen molar-refractivity contribution in [2.45, 2.75) is 0 Å². The average molecular weight is 197 g/mol. The third kappa shape index (κ3) is 1.26. The summed E-state index contributed by atoms with van der Waals surface area (Å²) in [6.07, 6.45) is 1.67. The molecule has 0 fully saturated rings. The molecule has 0 aliphatic rings. The monoisotopic (exact) mass is 196 g/mol. The summed E-state index contributed by atoms with van der Waals surface area (Å²) in [6, 6.07) is 8.24. The van der Waals surface area contributed by atoms with E-state index in [-0.39, 0.29) is 0 Å². The lowest BCUT2D eigenvalue weighted by atomic mass is 10.2. The van der Waals surface area contributed by atoms with Gasteiger partial charge in [-0.15, -0.1) is 0 Å². The highest BCUT2D eigenvalue weighted by Crippen LogP contribution is 2.25. The Morgan fingerprint density at radius 3 is 2.75 bits per heavy atom. The summed E-state index contributed by atoms with van der Waals surface area (Å²) >= 11 is 11.6. The first-order valence-corrected chi connectivity index (χ1v) is 4.14. The number of hydrogen-bond acceptors (Lipinski definition) is 1. The predicted molar refractivity (Wildman–Crippen MR) is 50.6 cm³/mol. The van der Waals surface area contributed by atoms with Crippen LogP contribution in [-0.4, -0.2) is 4.98 Å². The lowest BCUT2D eigenvalue weighted by Crippen LogP contribution is -1.78. The SMILES string of the molecule is Clc1cc2[c]ccnc2cc1Cl. The molecule has 0 amide bonds. The minimum absolute atomic E-state index is 0.524. The molecule has 0 aliphatic carbocycles. The van der Waals surface area contributed by atoms with E-state index in [4.69, 9.17) is 23.2 Å². The van der Waals surface area contributed by atoms with Gasteiger partial charge in [-0.1, -0.05) is 23.2 Å². The van der Waals surface area contributed by atoms with E-state index in [1.54, 1.807) is 24.4 Å². The molecule has 1 aromatic heterocycles. The van der Waals surface area contributed by atoms with Gasteiger partial charge in [0.1, 0.15) is 0 Å². The molecule has 1 nitrogen and oxygen atoms in total. The minimum atomic E-state index is 0.524. The Balaban J connectivity index is 2.84. The van der Waals surface area contributed by atoms with Crippen LogP contribution in [0.2, 0.25) is 10.0 Å². The molecule has 12 heavy (non-hydrogen) atoms. The maximum atomic E-state index is 5.81. The van der Waals surface area contributed by atoms with Crippen molar-refractivity contribution in [1.82, 2.24) is 4.98 Å². The fourth-order valence-electron chi connectivity index (χ4n) is 1.00. The molecule has 2 rings (SSSR count). The molecule has 3 heteroatoms. The molecule has 2 aromatic rings. The van der Waals surface area contributed by atoms with Gasteiger partial charge in [0, 0.05) is 11.6 Å². The second-order valence-corrected chi connectivity index (χ2v) is 3.19. The Hall–Kier alpha value is -0.790. The summed E-state index contributed by atoms with van der Waals surface area (Å²) < 4.78 is 0. The number of nitrogens with zero attached hydrogens (tertiary/aromatic N) is 1. The van der Waals surface area contributed by atoms with Crippen molar-refractivity contribution < 1.29 is 0 Å². The Labute approximate surface area is 79.9 Å². The number of pyridine rings is 1. The highest BCUT2D eigenvalue weighted by molar-refractivity contribution is 6.42. The molecular formula is C9H4Cl2N. The van der Waals surface area contributed by atoms with Crippen LogP contribution in [0.15, 0.2) is 24.4 Å².